The van der Waals surface area contributed by atoms with E-state index in [2.05, 4.69) is 15.2 Å². The van der Waals surface area contributed by atoms with Crippen LogP contribution in [0.15, 0.2) is 81.4 Å². The molecular formula is C23H18ClN5O2S. The predicted molar refractivity (Wildman–Crippen MR) is 126 cm³/mol. The van der Waals surface area contributed by atoms with Gasteiger partial charge < -0.3 is 4.42 Å². The standard InChI is InChI=1S/C23H18ClN5O2S/c1-15-17(24)5-4-7-18(15)29-21(16-9-11-25-12-10-16)26-27-22(29)32-14-13-28-19-6-2-3-8-20(19)31-23(28)30/h2-12H,13-14H2,1H3. The van der Waals surface area contributed by atoms with Gasteiger partial charge in [-0.1, -0.05) is 41.6 Å². The van der Waals surface area contributed by atoms with Crippen LogP contribution in [0.3, 0.4) is 0 Å². The van der Waals surface area contributed by atoms with Gasteiger partial charge in [-0.2, -0.15) is 0 Å². The summed E-state index contributed by atoms with van der Waals surface area (Å²) in [5.74, 6) is 0.944. The van der Waals surface area contributed by atoms with E-state index in [0.717, 1.165) is 22.3 Å². The van der Waals surface area contributed by atoms with Crippen LogP contribution in [0.1, 0.15) is 5.56 Å². The highest BCUT2D eigenvalue weighted by molar-refractivity contribution is 7.99. The number of pyridine rings is 1. The topological polar surface area (TPSA) is 78.7 Å². The maximum atomic E-state index is 12.3. The molecule has 7 nitrogen and oxygen atoms in total. The van der Waals surface area contributed by atoms with Crippen molar-refractivity contribution in [1.82, 2.24) is 24.3 Å². The highest BCUT2D eigenvalue weighted by atomic mass is 35.5. The molecule has 3 heterocycles. The number of fused-ring (bicyclic) bond motifs is 1. The van der Waals surface area contributed by atoms with E-state index in [1.165, 1.54) is 11.8 Å². The van der Waals surface area contributed by atoms with Crippen molar-refractivity contribution in [3.05, 3.63) is 88.1 Å². The molecule has 0 bridgehead atoms. The number of hydrogen-bond donors (Lipinski definition) is 0. The molecule has 9 heteroatoms. The summed E-state index contributed by atoms with van der Waals surface area (Å²) in [5, 5.41) is 10.3. The summed E-state index contributed by atoms with van der Waals surface area (Å²) in [5.41, 5.74) is 4.10. The molecule has 0 spiro atoms. The second-order valence-corrected chi connectivity index (χ2v) is 8.57. The van der Waals surface area contributed by atoms with Gasteiger partial charge >= 0.3 is 5.76 Å². The molecule has 0 saturated heterocycles. The predicted octanol–water partition coefficient (Wildman–Crippen LogP) is 4.99. The van der Waals surface area contributed by atoms with E-state index in [1.54, 1.807) is 23.0 Å². The number of benzene rings is 2. The smallest absolute Gasteiger partial charge is 0.408 e. The third-order valence-corrected chi connectivity index (χ3v) is 6.49. The number of rotatable bonds is 6. The van der Waals surface area contributed by atoms with Crippen LogP contribution >= 0.6 is 23.4 Å². The van der Waals surface area contributed by atoms with Crippen molar-refractivity contribution in [1.29, 1.82) is 0 Å². The first-order valence-electron chi connectivity index (χ1n) is 9.96. The Kier molecular flexibility index (Phi) is 5.55. The van der Waals surface area contributed by atoms with Crippen LogP contribution in [0, 0.1) is 6.92 Å². The summed E-state index contributed by atoms with van der Waals surface area (Å²) >= 11 is 7.92. The lowest BCUT2D eigenvalue weighted by Crippen LogP contribution is -2.15. The summed E-state index contributed by atoms with van der Waals surface area (Å²) in [7, 11) is 0. The second-order valence-electron chi connectivity index (χ2n) is 7.10. The number of hydrogen-bond acceptors (Lipinski definition) is 6. The van der Waals surface area contributed by atoms with Gasteiger partial charge in [0.2, 0.25) is 0 Å². The van der Waals surface area contributed by atoms with E-state index >= 15 is 0 Å². The molecule has 0 aliphatic rings. The number of oxazole rings is 1. The maximum absolute atomic E-state index is 12.3. The van der Waals surface area contributed by atoms with Crippen molar-refractivity contribution in [2.45, 2.75) is 18.6 Å². The molecule has 0 unspecified atom stereocenters. The number of aryl methyl sites for hydroxylation is 1. The van der Waals surface area contributed by atoms with Crippen LogP contribution in [-0.4, -0.2) is 30.1 Å². The van der Waals surface area contributed by atoms with E-state index in [9.17, 15) is 4.79 Å². The van der Waals surface area contributed by atoms with Gasteiger partial charge in [-0.05, 0) is 48.9 Å². The Morgan fingerprint density at radius 3 is 2.69 bits per heavy atom. The molecular weight excluding hydrogens is 446 g/mol. The zero-order chi connectivity index (χ0) is 22.1. The Bertz CT molecular complexity index is 1460. The summed E-state index contributed by atoms with van der Waals surface area (Å²) in [6.07, 6.45) is 3.45. The average Bonchev–Trinajstić information content (AvgIpc) is 3.37. The lowest BCUT2D eigenvalue weighted by atomic mass is 10.2. The Morgan fingerprint density at radius 2 is 1.84 bits per heavy atom. The van der Waals surface area contributed by atoms with Gasteiger partial charge in [0.1, 0.15) is 0 Å². The minimum atomic E-state index is -0.364. The van der Waals surface area contributed by atoms with E-state index < -0.39 is 0 Å². The molecule has 0 fully saturated rings. The fourth-order valence-electron chi connectivity index (χ4n) is 3.56. The lowest BCUT2D eigenvalue weighted by Gasteiger charge is -2.14. The van der Waals surface area contributed by atoms with Gasteiger partial charge in [0.25, 0.3) is 0 Å². The van der Waals surface area contributed by atoms with Crippen LogP contribution in [0.5, 0.6) is 0 Å². The molecule has 0 saturated carbocycles. The summed E-state index contributed by atoms with van der Waals surface area (Å²) < 4.78 is 8.96. The number of nitrogens with zero attached hydrogens (tertiary/aromatic N) is 5. The van der Waals surface area contributed by atoms with E-state index in [-0.39, 0.29) is 5.76 Å². The van der Waals surface area contributed by atoms with Gasteiger partial charge in [-0.25, -0.2) is 4.79 Å². The third-order valence-electron chi connectivity index (χ3n) is 5.17. The molecule has 160 valence electrons. The SMILES string of the molecule is Cc1c(Cl)cccc1-n1c(SCCn2c(=O)oc3ccccc32)nnc1-c1ccncc1. The molecule has 3 aromatic heterocycles. The first-order chi connectivity index (χ1) is 15.6. The summed E-state index contributed by atoms with van der Waals surface area (Å²) in [4.78, 5) is 16.4. The Labute approximate surface area is 192 Å². The van der Waals surface area contributed by atoms with Gasteiger partial charge in [-0.3, -0.25) is 14.1 Å². The maximum Gasteiger partial charge on any atom is 0.419 e. The van der Waals surface area contributed by atoms with E-state index in [4.69, 9.17) is 16.0 Å². The molecule has 2 aromatic carbocycles. The third kappa shape index (κ3) is 3.72. The highest BCUT2D eigenvalue weighted by Crippen LogP contribution is 2.31. The van der Waals surface area contributed by atoms with Crippen molar-refractivity contribution in [3.63, 3.8) is 0 Å². The molecule has 0 atom stereocenters. The average molecular weight is 464 g/mol. The van der Waals surface area contributed by atoms with Crippen molar-refractivity contribution in [2.24, 2.45) is 0 Å². The normalized spacial score (nSPS) is 11.3. The number of para-hydroxylation sites is 2. The van der Waals surface area contributed by atoms with Crippen LogP contribution < -0.4 is 5.76 Å². The van der Waals surface area contributed by atoms with Gasteiger partial charge in [-0.15, -0.1) is 10.2 Å². The van der Waals surface area contributed by atoms with E-state index in [0.29, 0.717) is 33.9 Å². The Hall–Kier alpha value is -3.36. The van der Waals surface area contributed by atoms with Crippen LogP contribution in [-0.2, 0) is 6.54 Å². The monoisotopic (exact) mass is 463 g/mol. The van der Waals surface area contributed by atoms with Crippen molar-refractivity contribution in [3.8, 4) is 17.1 Å². The Morgan fingerprint density at radius 1 is 1.03 bits per heavy atom. The fourth-order valence-corrected chi connectivity index (χ4v) is 4.60. The van der Waals surface area contributed by atoms with Gasteiger partial charge in [0.05, 0.1) is 11.2 Å². The van der Waals surface area contributed by atoms with Crippen LogP contribution in [0.4, 0.5) is 0 Å². The lowest BCUT2D eigenvalue weighted by molar-refractivity contribution is 0.514. The minimum absolute atomic E-state index is 0.364. The van der Waals surface area contributed by atoms with Crippen LogP contribution in [0.2, 0.25) is 5.02 Å². The molecule has 5 aromatic rings. The summed E-state index contributed by atoms with van der Waals surface area (Å²) in [6, 6.07) is 17.0. The number of aromatic nitrogens is 5. The quantitative estimate of drug-likeness (QED) is 0.330. The molecule has 0 radical (unpaired) electrons. The number of halogens is 1. The molecule has 0 amide bonds. The molecule has 32 heavy (non-hydrogen) atoms. The first kappa shape index (κ1) is 20.5. The van der Waals surface area contributed by atoms with E-state index in [1.807, 2.05) is 60.0 Å². The van der Waals surface area contributed by atoms with Crippen molar-refractivity contribution < 1.29 is 4.42 Å². The minimum Gasteiger partial charge on any atom is -0.408 e. The molecule has 0 aliphatic heterocycles. The van der Waals surface area contributed by atoms with Gasteiger partial charge in [0, 0.05) is 35.3 Å². The zero-order valence-electron chi connectivity index (χ0n) is 17.1. The zero-order valence-corrected chi connectivity index (χ0v) is 18.7. The Balaban J connectivity index is 1.50. The molecule has 0 aliphatic carbocycles. The molecule has 5 rings (SSSR count). The highest BCUT2D eigenvalue weighted by Gasteiger charge is 2.19. The second kappa shape index (κ2) is 8.64. The number of thioether (sulfide) groups is 1. The van der Waals surface area contributed by atoms with Crippen molar-refractivity contribution >= 4 is 34.5 Å². The summed E-state index contributed by atoms with van der Waals surface area (Å²) in [6.45, 7) is 2.45. The largest absolute Gasteiger partial charge is 0.419 e. The van der Waals surface area contributed by atoms with Crippen LogP contribution in [0.25, 0.3) is 28.2 Å². The first-order valence-corrected chi connectivity index (χ1v) is 11.3. The van der Waals surface area contributed by atoms with Gasteiger partial charge in [0.15, 0.2) is 16.6 Å². The van der Waals surface area contributed by atoms with Crippen molar-refractivity contribution in [2.75, 3.05) is 5.75 Å². The molecule has 0 N–H and O–H groups in total. The fraction of sp³-hybridized carbons (Fsp3) is 0.130.